The second-order valence-electron chi connectivity index (χ2n) is 3.14. The largest absolute Gasteiger partial charge is 0.257 e. The fraction of sp³-hybridized carbons (Fsp3) is 0. The molecule has 0 unspecified atom stereocenters. The maximum atomic E-state index is 4.18. The van der Waals surface area contributed by atoms with E-state index in [1.807, 2.05) is 42.5 Å². The van der Waals surface area contributed by atoms with Crippen molar-refractivity contribution in [3.05, 3.63) is 66.5 Å². The summed E-state index contributed by atoms with van der Waals surface area (Å²) in [6, 6.07) is 5.81. The summed E-state index contributed by atoms with van der Waals surface area (Å²) < 4.78 is 0. The molecule has 2 aromatic heterocycles. The molecule has 2 rings (SSSR count). The highest BCUT2D eigenvalue weighted by molar-refractivity contribution is 5.54. The van der Waals surface area contributed by atoms with Gasteiger partial charge in [-0.05, 0) is 18.2 Å². The quantitative estimate of drug-likeness (QED) is 0.729. The Balaban J connectivity index is 1.98. The molecular formula is C13H11N3. The average molecular weight is 209 g/mol. The standard InChI is InChI=1S/C13H11N3/c1(5-12-9-14-11-15-10-12)2-6-13-7-3-4-8-16-13/h1-11H. The highest BCUT2D eigenvalue weighted by Gasteiger charge is 1.83. The molecule has 0 aliphatic heterocycles. The van der Waals surface area contributed by atoms with Gasteiger partial charge >= 0.3 is 0 Å². The van der Waals surface area contributed by atoms with Crippen LogP contribution in [0.15, 0.2) is 55.3 Å². The van der Waals surface area contributed by atoms with E-state index in [4.69, 9.17) is 0 Å². The highest BCUT2D eigenvalue weighted by atomic mass is 14.8. The van der Waals surface area contributed by atoms with Gasteiger partial charge in [-0.2, -0.15) is 0 Å². The van der Waals surface area contributed by atoms with E-state index in [0.717, 1.165) is 11.3 Å². The van der Waals surface area contributed by atoms with E-state index in [2.05, 4.69) is 15.0 Å². The van der Waals surface area contributed by atoms with Crippen LogP contribution in [0.4, 0.5) is 0 Å². The summed E-state index contributed by atoms with van der Waals surface area (Å²) in [5.74, 6) is 0. The smallest absolute Gasteiger partial charge is 0.115 e. The van der Waals surface area contributed by atoms with E-state index in [0.29, 0.717) is 0 Å². The predicted octanol–water partition coefficient (Wildman–Crippen LogP) is 2.60. The zero-order valence-electron chi connectivity index (χ0n) is 8.69. The van der Waals surface area contributed by atoms with Gasteiger partial charge in [0.25, 0.3) is 0 Å². The fourth-order valence-corrected chi connectivity index (χ4v) is 1.19. The van der Waals surface area contributed by atoms with Gasteiger partial charge in [0.2, 0.25) is 0 Å². The second-order valence-corrected chi connectivity index (χ2v) is 3.14. The summed E-state index contributed by atoms with van der Waals surface area (Å²) in [4.78, 5) is 12.0. The Labute approximate surface area is 94.2 Å². The molecule has 78 valence electrons. The first-order valence-corrected chi connectivity index (χ1v) is 4.96. The van der Waals surface area contributed by atoms with Gasteiger partial charge in [0.15, 0.2) is 0 Å². The first kappa shape index (κ1) is 10.2. The van der Waals surface area contributed by atoms with Gasteiger partial charge in [-0.15, -0.1) is 0 Å². The Morgan fingerprint density at radius 3 is 2.50 bits per heavy atom. The van der Waals surface area contributed by atoms with E-state index in [9.17, 15) is 0 Å². The molecule has 0 saturated heterocycles. The van der Waals surface area contributed by atoms with Crippen LogP contribution in [0, 0.1) is 0 Å². The van der Waals surface area contributed by atoms with Crippen molar-refractivity contribution in [3.8, 4) is 0 Å². The van der Waals surface area contributed by atoms with Crippen molar-refractivity contribution < 1.29 is 0 Å². The normalized spacial score (nSPS) is 11.2. The number of pyridine rings is 1. The zero-order valence-corrected chi connectivity index (χ0v) is 8.69. The molecule has 0 radical (unpaired) electrons. The topological polar surface area (TPSA) is 38.7 Å². The lowest BCUT2D eigenvalue weighted by molar-refractivity contribution is 1.16. The molecule has 2 heterocycles. The number of hydrogen-bond donors (Lipinski definition) is 0. The highest BCUT2D eigenvalue weighted by Crippen LogP contribution is 1.99. The number of aromatic nitrogens is 3. The fourth-order valence-electron chi connectivity index (χ4n) is 1.19. The van der Waals surface area contributed by atoms with Crippen molar-refractivity contribution in [1.29, 1.82) is 0 Å². The van der Waals surface area contributed by atoms with Crippen molar-refractivity contribution in [3.63, 3.8) is 0 Å². The van der Waals surface area contributed by atoms with Crippen molar-refractivity contribution in [1.82, 2.24) is 15.0 Å². The molecule has 0 bridgehead atoms. The first-order valence-electron chi connectivity index (χ1n) is 4.96. The van der Waals surface area contributed by atoms with Crippen LogP contribution < -0.4 is 0 Å². The third-order valence-corrected chi connectivity index (χ3v) is 1.94. The lowest BCUT2D eigenvalue weighted by atomic mass is 10.3. The lowest BCUT2D eigenvalue weighted by Crippen LogP contribution is -1.77. The van der Waals surface area contributed by atoms with Gasteiger partial charge < -0.3 is 0 Å². The minimum atomic E-state index is 0.941. The molecule has 0 atom stereocenters. The second kappa shape index (κ2) is 5.56. The third-order valence-electron chi connectivity index (χ3n) is 1.94. The molecule has 0 spiro atoms. The van der Waals surface area contributed by atoms with Crippen LogP contribution in [0.25, 0.3) is 12.2 Å². The molecule has 0 saturated carbocycles. The molecule has 16 heavy (non-hydrogen) atoms. The van der Waals surface area contributed by atoms with Crippen LogP contribution in [0.2, 0.25) is 0 Å². The molecule has 2 aromatic rings. The summed E-state index contributed by atoms with van der Waals surface area (Å²) in [5, 5.41) is 0. The summed E-state index contributed by atoms with van der Waals surface area (Å²) in [6.45, 7) is 0. The Bertz CT molecular complexity index is 428. The molecule has 3 nitrogen and oxygen atoms in total. The zero-order chi connectivity index (χ0) is 11.1. The molecule has 0 aliphatic rings. The van der Waals surface area contributed by atoms with Crippen LogP contribution >= 0.6 is 0 Å². The van der Waals surface area contributed by atoms with Gasteiger partial charge in [0.05, 0.1) is 5.69 Å². The predicted molar refractivity (Wildman–Crippen MR) is 64.3 cm³/mol. The summed E-state index contributed by atoms with van der Waals surface area (Å²) in [5.41, 5.74) is 1.92. The van der Waals surface area contributed by atoms with Crippen molar-refractivity contribution >= 4 is 12.2 Å². The first-order chi connectivity index (χ1) is 7.95. The van der Waals surface area contributed by atoms with E-state index in [-0.39, 0.29) is 0 Å². The van der Waals surface area contributed by atoms with Crippen LogP contribution in [0.5, 0.6) is 0 Å². The van der Waals surface area contributed by atoms with Crippen LogP contribution in [-0.2, 0) is 0 Å². The van der Waals surface area contributed by atoms with E-state index < -0.39 is 0 Å². The van der Waals surface area contributed by atoms with E-state index in [1.165, 1.54) is 6.33 Å². The number of hydrogen-bond acceptors (Lipinski definition) is 3. The molecule has 0 aliphatic carbocycles. The van der Waals surface area contributed by atoms with E-state index >= 15 is 0 Å². The molecule has 0 aromatic carbocycles. The lowest BCUT2D eigenvalue weighted by Gasteiger charge is -1.89. The SMILES string of the molecule is C(C=Cc1ccccn1)=Cc1cncnc1. The Morgan fingerprint density at radius 1 is 0.938 bits per heavy atom. The Hall–Kier alpha value is -2.29. The minimum Gasteiger partial charge on any atom is -0.257 e. The summed E-state index contributed by atoms with van der Waals surface area (Å²) in [6.07, 6.45) is 14.6. The summed E-state index contributed by atoms with van der Waals surface area (Å²) >= 11 is 0. The molecule has 0 fully saturated rings. The third kappa shape index (κ3) is 3.13. The molecule has 0 amide bonds. The number of rotatable bonds is 3. The molecular weight excluding hydrogens is 198 g/mol. The van der Waals surface area contributed by atoms with Gasteiger partial charge in [-0.1, -0.05) is 24.3 Å². The maximum Gasteiger partial charge on any atom is 0.115 e. The van der Waals surface area contributed by atoms with Gasteiger partial charge in [0.1, 0.15) is 6.33 Å². The van der Waals surface area contributed by atoms with Crippen molar-refractivity contribution in [2.75, 3.05) is 0 Å². The monoisotopic (exact) mass is 209 g/mol. The number of nitrogens with zero attached hydrogens (tertiary/aromatic N) is 3. The molecule has 0 N–H and O–H groups in total. The average Bonchev–Trinajstić information content (AvgIpc) is 2.37. The van der Waals surface area contributed by atoms with E-state index in [1.54, 1.807) is 18.6 Å². The summed E-state index contributed by atoms with van der Waals surface area (Å²) in [7, 11) is 0. The number of allylic oxidation sites excluding steroid dienone is 2. The van der Waals surface area contributed by atoms with Crippen molar-refractivity contribution in [2.24, 2.45) is 0 Å². The van der Waals surface area contributed by atoms with Crippen molar-refractivity contribution in [2.45, 2.75) is 0 Å². The van der Waals surface area contributed by atoms with Crippen LogP contribution in [0.1, 0.15) is 11.3 Å². The molecule has 3 heteroatoms. The Kier molecular flexibility index (Phi) is 3.55. The minimum absolute atomic E-state index is 0.941. The van der Waals surface area contributed by atoms with Gasteiger partial charge in [0, 0.05) is 24.2 Å². The van der Waals surface area contributed by atoms with Crippen LogP contribution in [0.3, 0.4) is 0 Å². The van der Waals surface area contributed by atoms with Gasteiger partial charge in [-0.3, -0.25) is 4.98 Å². The van der Waals surface area contributed by atoms with Gasteiger partial charge in [-0.25, -0.2) is 9.97 Å². The maximum absolute atomic E-state index is 4.18. The Morgan fingerprint density at radius 2 is 1.75 bits per heavy atom. The van der Waals surface area contributed by atoms with Crippen LogP contribution in [-0.4, -0.2) is 15.0 Å².